The predicted octanol–water partition coefficient (Wildman–Crippen LogP) is 3.72. The van der Waals surface area contributed by atoms with Crippen LogP contribution in [-0.2, 0) is 17.1 Å². The number of pyridine rings is 1. The highest BCUT2D eigenvalue weighted by Crippen LogP contribution is 2.26. The van der Waals surface area contributed by atoms with Gasteiger partial charge in [0.1, 0.15) is 5.82 Å². The summed E-state index contributed by atoms with van der Waals surface area (Å²) in [5, 5.41) is 0.723. The average molecular weight is 369 g/mol. The van der Waals surface area contributed by atoms with Gasteiger partial charge in [-0.15, -0.1) is 0 Å². The number of hydrogen-bond acceptors (Lipinski definition) is 5. The highest BCUT2D eigenvalue weighted by Gasteiger charge is 2.11. The third kappa shape index (κ3) is 3.47. The molecule has 3 aromatic heterocycles. The number of aromatic nitrogens is 5. The van der Waals surface area contributed by atoms with Crippen LogP contribution < -0.4 is 0 Å². The molecule has 0 amide bonds. The van der Waals surface area contributed by atoms with Gasteiger partial charge in [0.15, 0.2) is 5.16 Å². The normalized spacial score (nSPS) is 11.3. The topological polar surface area (TPSA) is 68.6 Å². The van der Waals surface area contributed by atoms with Crippen molar-refractivity contribution in [1.82, 2.24) is 24.5 Å². The average Bonchev–Trinajstić information content (AvgIpc) is 3.29. The minimum absolute atomic E-state index is 0.329. The Morgan fingerprint density at radius 3 is 3.00 bits per heavy atom. The van der Waals surface area contributed by atoms with Crippen molar-refractivity contribution in [2.45, 2.75) is 17.5 Å². The Balaban J connectivity index is 1.55. The van der Waals surface area contributed by atoms with Gasteiger partial charge in [0.2, 0.25) is 0 Å². The fraction of sp³-hybridized carbons (Fsp3) is 0.167. The lowest BCUT2D eigenvalue weighted by Crippen LogP contribution is -1.94. The Morgan fingerprint density at radius 2 is 2.19 bits per heavy atom. The number of aromatic amines is 1. The minimum Gasteiger partial charge on any atom is -0.380 e. The summed E-state index contributed by atoms with van der Waals surface area (Å²) in [6.07, 6.45) is 6.65. The number of nitrogens with one attached hydrogen (secondary N) is 1. The molecule has 4 aromatic rings. The first-order chi connectivity index (χ1) is 12.7. The molecule has 0 spiro atoms. The van der Waals surface area contributed by atoms with Gasteiger partial charge in [0.25, 0.3) is 0 Å². The Morgan fingerprint density at radius 1 is 1.27 bits per heavy atom. The lowest BCUT2D eigenvalue weighted by molar-refractivity contribution is 0.185. The van der Waals surface area contributed by atoms with Crippen molar-refractivity contribution in [3.05, 3.63) is 66.3 Å². The van der Waals surface area contributed by atoms with E-state index in [0.29, 0.717) is 29.1 Å². The highest BCUT2D eigenvalue weighted by atomic mass is 32.2. The van der Waals surface area contributed by atoms with E-state index in [1.54, 1.807) is 42.7 Å². The number of hydrogen-bond donors (Lipinski definition) is 1. The fourth-order valence-electron chi connectivity index (χ4n) is 2.67. The number of nitrogens with zero attached hydrogens (tertiary/aromatic N) is 4. The van der Waals surface area contributed by atoms with Gasteiger partial charge in [-0.3, -0.25) is 4.98 Å². The van der Waals surface area contributed by atoms with Crippen molar-refractivity contribution in [2.24, 2.45) is 0 Å². The molecule has 0 fully saturated rings. The van der Waals surface area contributed by atoms with E-state index in [9.17, 15) is 4.39 Å². The third-order valence-corrected chi connectivity index (χ3v) is 4.77. The zero-order chi connectivity index (χ0) is 17.9. The molecule has 4 rings (SSSR count). The van der Waals surface area contributed by atoms with Crippen LogP contribution in [0.5, 0.6) is 0 Å². The third-order valence-electron chi connectivity index (χ3n) is 3.86. The summed E-state index contributed by atoms with van der Waals surface area (Å²) in [5.41, 5.74) is 3.81. The monoisotopic (exact) mass is 369 g/mol. The van der Waals surface area contributed by atoms with Gasteiger partial charge in [0, 0.05) is 37.5 Å². The largest absolute Gasteiger partial charge is 0.380 e. The number of fused-ring (bicyclic) bond motifs is 1. The number of ether oxygens (including phenoxy) is 1. The highest BCUT2D eigenvalue weighted by molar-refractivity contribution is 7.98. The van der Waals surface area contributed by atoms with E-state index in [0.717, 1.165) is 16.4 Å². The molecule has 0 radical (unpaired) electrons. The maximum Gasteiger partial charge on any atom is 0.166 e. The van der Waals surface area contributed by atoms with E-state index < -0.39 is 0 Å². The number of H-pyrrole nitrogens is 1. The SMILES string of the molecule is COCc1ccnc(CSc2nc3cc(-n4ccnc4)c(F)cc3[nH]2)c1. The summed E-state index contributed by atoms with van der Waals surface area (Å²) in [5.74, 6) is 0.332. The molecule has 0 saturated carbocycles. The summed E-state index contributed by atoms with van der Waals surface area (Å²) >= 11 is 1.52. The first-order valence-electron chi connectivity index (χ1n) is 7.96. The van der Waals surface area contributed by atoms with Gasteiger partial charge in [-0.25, -0.2) is 14.4 Å². The molecule has 8 heteroatoms. The molecule has 1 N–H and O–H groups in total. The molecule has 132 valence electrons. The second-order valence-corrected chi connectivity index (χ2v) is 6.67. The molecule has 0 saturated heterocycles. The van der Waals surface area contributed by atoms with Crippen LogP contribution in [0.4, 0.5) is 4.39 Å². The lowest BCUT2D eigenvalue weighted by Gasteiger charge is -2.03. The number of rotatable bonds is 6. The standard InChI is InChI=1S/C18H16FN5OS/c1-25-9-12-2-3-21-13(6-12)10-26-18-22-15-7-14(19)17(8-16(15)23-18)24-5-4-20-11-24/h2-8,11H,9-10H2,1H3,(H,22,23). The van der Waals surface area contributed by atoms with E-state index in [-0.39, 0.29) is 5.82 Å². The summed E-state index contributed by atoms with van der Waals surface area (Å²) in [7, 11) is 1.67. The van der Waals surface area contributed by atoms with Gasteiger partial charge in [-0.2, -0.15) is 0 Å². The first-order valence-corrected chi connectivity index (χ1v) is 8.94. The van der Waals surface area contributed by atoms with Crippen molar-refractivity contribution in [3.8, 4) is 5.69 Å². The molecule has 0 aliphatic heterocycles. The Bertz CT molecular complexity index is 1030. The van der Waals surface area contributed by atoms with Crippen molar-refractivity contribution in [1.29, 1.82) is 0 Å². The Kier molecular flexibility index (Phi) is 4.68. The van der Waals surface area contributed by atoms with Crippen LogP contribution in [0.25, 0.3) is 16.7 Å². The summed E-state index contributed by atoms with van der Waals surface area (Å²) in [6.45, 7) is 0.557. The van der Waals surface area contributed by atoms with E-state index >= 15 is 0 Å². The van der Waals surface area contributed by atoms with Gasteiger partial charge in [0.05, 0.1) is 35.3 Å². The molecule has 0 atom stereocenters. The van der Waals surface area contributed by atoms with Crippen molar-refractivity contribution < 1.29 is 9.13 Å². The number of thioether (sulfide) groups is 1. The molecule has 1 aromatic carbocycles. The van der Waals surface area contributed by atoms with Gasteiger partial charge in [-0.05, 0) is 23.8 Å². The van der Waals surface area contributed by atoms with E-state index in [4.69, 9.17) is 4.74 Å². The molecule has 0 aliphatic rings. The van der Waals surface area contributed by atoms with E-state index in [2.05, 4.69) is 19.9 Å². The van der Waals surface area contributed by atoms with E-state index in [1.807, 2.05) is 12.1 Å². The zero-order valence-corrected chi connectivity index (χ0v) is 14.8. The van der Waals surface area contributed by atoms with Crippen LogP contribution in [0.15, 0.2) is 54.3 Å². The molecule has 6 nitrogen and oxygen atoms in total. The van der Waals surface area contributed by atoms with E-state index in [1.165, 1.54) is 17.8 Å². The van der Waals surface area contributed by atoms with Gasteiger partial charge in [-0.1, -0.05) is 11.8 Å². The van der Waals surface area contributed by atoms with Crippen LogP contribution in [0.2, 0.25) is 0 Å². The smallest absolute Gasteiger partial charge is 0.166 e. The fourth-order valence-corrected chi connectivity index (χ4v) is 3.46. The van der Waals surface area contributed by atoms with Gasteiger partial charge >= 0.3 is 0 Å². The van der Waals surface area contributed by atoms with Crippen LogP contribution in [-0.4, -0.2) is 31.6 Å². The van der Waals surface area contributed by atoms with Crippen LogP contribution in [0.1, 0.15) is 11.3 Å². The molecule has 0 unspecified atom stereocenters. The second-order valence-electron chi connectivity index (χ2n) is 5.71. The number of imidazole rings is 2. The lowest BCUT2D eigenvalue weighted by atomic mass is 10.2. The molecule has 26 heavy (non-hydrogen) atoms. The number of benzene rings is 1. The maximum absolute atomic E-state index is 14.3. The van der Waals surface area contributed by atoms with Crippen molar-refractivity contribution in [2.75, 3.05) is 7.11 Å². The summed E-state index contributed by atoms with van der Waals surface area (Å²) in [6, 6.07) is 7.11. The van der Waals surface area contributed by atoms with Crippen LogP contribution in [0, 0.1) is 5.82 Å². The Labute approximate surface area is 153 Å². The van der Waals surface area contributed by atoms with Gasteiger partial charge < -0.3 is 14.3 Å². The minimum atomic E-state index is -0.329. The maximum atomic E-state index is 14.3. The molecule has 0 aliphatic carbocycles. The van der Waals surface area contributed by atoms with Crippen molar-refractivity contribution >= 4 is 22.8 Å². The Hall–Kier alpha value is -2.71. The zero-order valence-electron chi connectivity index (χ0n) is 14.0. The second kappa shape index (κ2) is 7.27. The first kappa shape index (κ1) is 16.7. The molecule has 0 bridgehead atoms. The van der Waals surface area contributed by atoms with Crippen LogP contribution >= 0.6 is 11.8 Å². The summed E-state index contributed by atoms with van der Waals surface area (Å²) < 4.78 is 21.1. The summed E-state index contributed by atoms with van der Waals surface area (Å²) in [4.78, 5) is 16.0. The molecular formula is C18H16FN5OS. The number of halogens is 1. The van der Waals surface area contributed by atoms with Crippen LogP contribution in [0.3, 0.4) is 0 Å². The quantitative estimate of drug-likeness (QED) is 0.525. The molecule has 3 heterocycles. The van der Waals surface area contributed by atoms with Crippen molar-refractivity contribution in [3.63, 3.8) is 0 Å². The molecular weight excluding hydrogens is 353 g/mol. The number of methoxy groups -OCH3 is 1. The predicted molar refractivity (Wildman–Crippen MR) is 97.7 cm³/mol.